The van der Waals surface area contributed by atoms with Gasteiger partial charge in [0, 0.05) is 49.0 Å². The van der Waals surface area contributed by atoms with E-state index in [-0.39, 0.29) is 47.1 Å². The van der Waals surface area contributed by atoms with Gasteiger partial charge in [0.25, 0.3) is 5.91 Å². The molecule has 1 aromatic carbocycles. The standard InChI is InChI=1S/C29H31F3N10O2/c1-3-18-14-20(4-5-21(18)27(43)37-17(2)28(44)40-10-6-19(34)7-11-40)38-25-26-36-15-23(42(26)13-9-35-25)22-16-41(12-8-33)39-24(22)29(30,31)32/h4-5,9,13-17,19H,3,6-7,10-12,34H2,1-2H3,(H,35,38)(H,37,43)/t17-/m1/s1. The number of nitrogens with two attached hydrogens (primary N) is 1. The quantitative estimate of drug-likeness (QED) is 0.274. The van der Waals surface area contributed by atoms with Crippen LogP contribution in [0.2, 0.25) is 0 Å². The summed E-state index contributed by atoms with van der Waals surface area (Å²) in [6.45, 7) is 4.34. The Hall–Kier alpha value is -4.97. The van der Waals surface area contributed by atoms with Gasteiger partial charge in [0.1, 0.15) is 12.6 Å². The van der Waals surface area contributed by atoms with Crippen LogP contribution < -0.4 is 16.4 Å². The van der Waals surface area contributed by atoms with Crippen LogP contribution in [0.25, 0.3) is 16.9 Å². The van der Waals surface area contributed by atoms with Crippen LogP contribution in [-0.4, -0.2) is 66.0 Å². The monoisotopic (exact) mass is 608 g/mol. The Morgan fingerprint density at radius 2 is 1.98 bits per heavy atom. The fourth-order valence-corrected chi connectivity index (χ4v) is 5.23. The number of nitrogens with one attached hydrogen (secondary N) is 2. The number of amides is 2. The molecule has 1 saturated heterocycles. The molecule has 44 heavy (non-hydrogen) atoms. The number of alkyl halides is 3. The van der Waals surface area contributed by atoms with Crippen LogP contribution in [0.5, 0.6) is 0 Å². The zero-order chi connectivity index (χ0) is 31.6. The smallest absolute Gasteiger partial charge is 0.341 e. The molecule has 4 aromatic rings. The second-order valence-electron chi connectivity index (χ2n) is 10.6. The Morgan fingerprint density at radius 1 is 1.23 bits per heavy atom. The maximum Gasteiger partial charge on any atom is 0.435 e. The molecule has 4 N–H and O–H groups in total. The first-order valence-corrected chi connectivity index (χ1v) is 14.1. The zero-order valence-corrected chi connectivity index (χ0v) is 24.1. The number of fused-ring (bicyclic) bond motifs is 1. The Morgan fingerprint density at radius 3 is 2.66 bits per heavy atom. The van der Waals surface area contributed by atoms with Crippen molar-refractivity contribution in [2.75, 3.05) is 18.4 Å². The van der Waals surface area contributed by atoms with Gasteiger partial charge in [0.2, 0.25) is 5.91 Å². The van der Waals surface area contributed by atoms with E-state index < -0.39 is 17.9 Å². The van der Waals surface area contributed by atoms with E-state index >= 15 is 0 Å². The molecule has 0 aliphatic carbocycles. The number of aromatic nitrogens is 5. The van der Waals surface area contributed by atoms with Crippen molar-refractivity contribution >= 4 is 29.0 Å². The molecular formula is C29H31F3N10O2. The average Bonchev–Trinajstić information content (AvgIpc) is 3.62. The van der Waals surface area contributed by atoms with Crippen LogP contribution in [0.1, 0.15) is 48.3 Å². The van der Waals surface area contributed by atoms with E-state index in [1.807, 2.05) is 6.92 Å². The lowest BCUT2D eigenvalue weighted by atomic mass is 10.0. The lowest BCUT2D eigenvalue weighted by Gasteiger charge is -2.32. The number of hydrogen-bond acceptors (Lipinski definition) is 8. The highest BCUT2D eigenvalue weighted by Gasteiger charge is 2.38. The van der Waals surface area contributed by atoms with Gasteiger partial charge >= 0.3 is 6.18 Å². The zero-order valence-electron chi connectivity index (χ0n) is 24.1. The number of hydrogen-bond donors (Lipinski definition) is 3. The average molecular weight is 609 g/mol. The van der Waals surface area contributed by atoms with Crippen molar-refractivity contribution < 1.29 is 22.8 Å². The van der Waals surface area contributed by atoms with E-state index in [0.29, 0.717) is 36.3 Å². The van der Waals surface area contributed by atoms with Crippen molar-refractivity contribution in [2.45, 2.75) is 57.9 Å². The van der Waals surface area contributed by atoms with E-state index in [2.05, 4.69) is 25.7 Å². The number of benzene rings is 1. The third-order valence-electron chi connectivity index (χ3n) is 7.53. The number of nitrogens with zero attached hydrogens (tertiary/aromatic N) is 7. The van der Waals surface area contributed by atoms with Crippen molar-refractivity contribution in [3.05, 3.63) is 59.8 Å². The number of carbonyl (C=O) groups excluding carboxylic acids is 2. The fourth-order valence-electron chi connectivity index (χ4n) is 5.23. The largest absolute Gasteiger partial charge is 0.435 e. The molecule has 0 unspecified atom stereocenters. The van der Waals surface area contributed by atoms with Gasteiger partial charge in [0.15, 0.2) is 17.2 Å². The number of halogens is 3. The van der Waals surface area contributed by atoms with Crippen LogP contribution in [0.15, 0.2) is 43.0 Å². The molecule has 0 bridgehead atoms. The number of carbonyl (C=O) groups is 2. The first-order chi connectivity index (χ1) is 21.0. The summed E-state index contributed by atoms with van der Waals surface area (Å²) >= 11 is 0. The van der Waals surface area contributed by atoms with Crippen molar-refractivity contribution in [2.24, 2.45) is 5.73 Å². The molecule has 230 valence electrons. The molecule has 0 radical (unpaired) electrons. The summed E-state index contributed by atoms with van der Waals surface area (Å²) < 4.78 is 43.7. The van der Waals surface area contributed by atoms with Crippen molar-refractivity contribution in [3.8, 4) is 17.3 Å². The van der Waals surface area contributed by atoms with Gasteiger partial charge in [0.05, 0.1) is 23.5 Å². The van der Waals surface area contributed by atoms with Crippen LogP contribution in [0, 0.1) is 11.3 Å². The van der Waals surface area contributed by atoms with Crippen LogP contribution in [0.3, 0.4) is 0 Å². The molecule has 0 saturated carbocycles. The molecule has 5 rings (SSSR count). The number of aryl methyl sites for hydroxylation is 1. The van der Waals surface area contributed by atoms with Gasteiger partial charge in [-0.25, -0.2) is 9.97 Å². The van der Waals surface area contributed by atoms with E-state index in [9.17, 15) is 22.8 Å². The molecule has 1 aliphatic heterocycles. The minimum Gasteiger partial charge on any atom is -0.341 e. The summed E-state index contributed by atoms with van der Waals surface area (Å²) in [5, 5.41) is 18.4. The second-order valence-corrected chi connectivity index (χ2v) is 10.6. The van der Waals surface area contributed by atoms with E-state index in [4.69, 9.17) is 11.0 Å². The summed E-state index contributed by atoms with van der Waals surface area (Å²) in [6, 6.07) is 6.26. The van der Waals surface area contributed by atoms with Gasteiger partial charge in [-0.3, -0.25) is 18.7 Å². The third kappa shape index (κ3) is 6.20. The molecule has 1 atom stereocenters. The first-order valence-electron chi connectivity index (χ1n) is 14.1. The third-order valence-corrected chi connectivity index (χ3v) is 7.53. The second kappa shape index (κ2) is 12.3. The maximum atomic E-state index is 13.8. The molecule has 1 aliphatic rings. The summed E-state index contributed by atoms with van der Waals surface area (Å²) in [6.07, 6.45) is 2.58. The van der Waals surface area contributed by atoms with Crippen molar-refractivity contribution in [1.29, 1.82) is 5.26 Å². The minimum atomic E-state index is -4.74. The number of imidazole rings is 1. The normalized spacial score (nSPS) is 14.8. The fraction of sp³-hybridized carbons (Fsp3) is 0.379. The van der Waals surface area contributed by atoms with E-state index in [1.54, 1.807) is 36.1 Å². The Balaban J connectivity index is 1.36. The molecule has 15 heteroatoms. The Kier molecular flexibility index (Phi) is 8.54. The molecule has 4 heterocycles. The number of rotatable bonds is 8. The van der Waals surface area contributed by atoms with Gasteiger partial charge in [-0.1, -0.05) is 6.92 Å². The van der Waals surface area contributed by atoms with E-state index in [1.165, 1.54) is 23.0 Å². The molecule has 1 fully saturated rings. The van der Waals surface area contributed by atoms with E-state index in [0.717, 1.165) is 23.7 Å². The summed E-state index contributed by atoms with van der Waals surface area (Å²) in [5.41, 5.74) is 6.68. The van der Waals surface area contributed by atoms with Crippen molar-refractivity contribution in [1.82, 2.24) is 34.4 Å². The number of likely N-dealkylation sites (tertiary alicyclic amines) is 1. The highest BCUT2D eigenvalue weighted by Crippen LogP contribution is 2.37. The Labute approximate surface area is 250 Å². The van der Waals surface area contributed by atoms with Gasteiger partial charge < -0.3 is 21.3 Å². The lowest BCUT2D eigenvalue weighted by molar-refractivity contribution is -0.141. The summed E-state index contributed by atoms with van der Waals surface area (Å²) in [7, 11) is 0. The highest BCUT2D eigenvalue weighted by atomic mass is 19.4. The number of nitriles is 1. The van der Waals surface area contributed by atoms with Gasteiger partial charge in [-0.2, -0.15) is 23.5 Å². The van der Waals surface area contributed by atoms with Crippen LogP contribution in [-0.2, 0) is 23.9 Å². The summed E-state index contributed by atoms with van der Waals surface area (Å²) in [5.74, 6) is -0.255. The highest BCUT2D eigenvalue weighted by molar-refractivity contribution is 5.99. The molecule has 12 nitrogen and oxygen atoms in total. The minimum absolute atomic E-state index is 0.0865. The summed E-state index contributed by atoms with van der Waals surface area (Å²) in [4.78, 5) is 36.4. The van der Waals surface area contributed by atoms with Crippen LogP contribution in [0.4, 0.5) is 24.7 Å². The number of anilines is 2. The van der Waals surface area contributed by atoms with Gasteiger partial charge in [-0.15, -0.1) is 0 Å². The van der Waals surface area contributed by atoms with Crippen molar-refractivity contribution in [3.63, 3.8) is 0 Å². The van der Waals surface area contributed by atoms with Gasteiger partial charge in [-0.05, 0) is 49.9 Å². The Bertz CT molecular complexity index is 1730. The molecule has 2 amide bonds. The lowest BCUT2D eigenvalue weighted by Crippen LogP contribution is -2.51. The topological polar surface area (TPSA) is 159 Å². The predicted octanol–water partition coefficient (Wildman–Crippen LogP) is 3.51. The number of piperidine rings is 1. The maximum absolute atomic E-state index is 13.8. The predicted molar refractivity (Wildman–Crippen MR) is 155 cm³/mol. The van der Waals surface area contributed by atoms with Crippen LogP contribution >= 0.6 is 0 Å². The molecular weight excluding hydrogens is 577 g/mol. The molecule has 3 aromatic heterocycles. The SMILES string of the molecule is CCc1cc(Nc2nccn3c(-c4cn(CC#N)nc4C(F)(F)F)cnc23)ccc1C(=O)N[C@H](C)C(=O)N1CCC(N)CC1. The molecule has 0 spiro atoms. The first kappa shape index (κ1) is 30.5.